The SMILES string of the molecule is CN[C@@H](CCCCN)C(=O)C(=O)CCCCCNC(=O)CN(CC(=O)NCCO[C@@H]1O[C@H](CO)[C@@H](O)[C@H](O)[C@@H]1O)CC(=O)N[C@H](CCO[C@H]1O[C@H](CO)[C@@H](O)[C@H](O)[C@@H]1O)CO[C@H]1O[C@H](CO)[C@@H](O)[C@H](O)[C@@H]1O. The molecule has 0 radical (unpaired) electrons. The first kappa shape index (κ1) is 63.2. The minimum atomic E-state index is -1.82. The summed E-state index contributed by atoms with van der Waals surface area (Å²) in [6, 6.07) is -1.70. The molecule has 0 aromatic rings. The molecule has 29 nitrogen and oxygen atoms in total. The minimum absolute atomic E-state index is 0.0157. The van der Waals surface area contributed by atoms with Crippen LogP contribution >= 0.6 is 0 Å². The molecule has 0 saturated carbocycles. The highest BCUT2D eigenvalue weighted by Crippen LogP contribution is 2.25. The van der Waals surface area contributed by atoms with E-state index in [1.54, 1.807) is 7.05 Å². The van der Waals surface area contributed by atoms with Gasteiger partial charge in [0.05, 0.1) is 71.4 Å². The summed E-state index contributed by atoms with van der Waals surface area (Å²) in [6.45, 7) is -4.69. The second-order valence-electron chi connectivity index (χ2n) is 17.8. The maximum Gasteiger partial charge on any atom is 0.234 e. The fourth-order valence-corrected chi connectivity index (χ4v) is 7.91. The van der Waals surface area contributed by atoms with Crippen LogP contribution in [0.2, 0.25) is 0 Å². The lowest BCUT2D eigenvalue weighted by atomic mass is 9.99. The van der Waals surface area contributed by atoms with E-state index in [1.807, 2.05) is 0 Å². The Morgan fingerprint density at radius 1 is 0.556 bits per heavy atom. The summed E-state index contributed by atoms with van der Waals surface area (Å²) in [6.07, 6.45) is -21.1. The number of hydrogen-bond acceptors (Lipinski definition) is 26. The number of amides is 3. The molecule has 0 aliphatic carbocycles. The summed E-state index contributed by atoms with van der Waals surface area (Å²) < 4.78 is 32.7. The predicted molar refractivity (Wildman–Crippen MR) is 242 cm³/mol. The van der Waals surface area contributed by atoms with E-state index in [9.17, 15) is 85.3 Å². The fourth-order valence-electron chi connectivity index (χ4n) is 7.91. The van der Waals surface area contributed by atoms with Gasteiger partial charge in [-0.25, -0.2) is 0 Å². The summed E-state index contributed by atoms with van der Waals surface area (Å²) in [5.41, 5.74) is 5.52. The first-order chi connectivity index (χ1) is 34.3. The molecule has 3 heterocycles. The highest BCUT2D eigenvalue weighted by Gasteiger charge is 2.46. The Kier molecular flexibility index (Phi) is 29.0. The minimum Gasteiger partial charge on any atom is -0.394 e. The van der Waals surface area contributed by atoms with Crippen LogP contribution < -0.4 is 27.0 Å². The number of ketones is 2. The second-order valence-corrected chi connectivity index (χ2v) is 17.8. The monoisotopic (exact) mass is 1050 g/mol. The molecule has 0 aromatic heterocycles. The molecule has 29 heteroatoms. The molecular formula is C43H78N6O23. The van der Waals surface area contributed by atoms with Crippen LogP contribution in [-0.2, 0) is 52.4 Å². The number of nitrogens with one attached hydrogen (secondary N) is 4. The number of aliphatic hydroxyl groups is 12. The highest BCUT2D eigenvalue weighted by atomic mass is 16.7. The molecule has 418 valence electrons. The Balaban J connectivity index is 1.67. The van der Waals surface area contributed by atoms with Crippen molar-refractivity contribution >= 4 is 29.3 Å². The van der Waals surface area contributed by atoms with Crippen molar-refractivity contribution in [2.75, 3.05) is 86.0 Å². The molecule has 17 atom stereocenters. The van der Waals surface area contributed by atoms with Crippen molar-refractivity contribution in [1.29, 1.82) is 0 Å². The summed E-state index contributed by atoms with van der Waals surface area (Å²) in [7, 11) is 1.60. The Labute approximate surface area is 415 Å². The zero-order chi connectivity index (χ0) is 53.5. The van der Waals surface area contributed by atoms with Gasteiger partial charge in [-0.3, -0.25) is 28.9 Å². The molecule has 72 heavy (non-hydrogen) atoms. The molecule has 3 rings (SSSR count). The molecule has 3 aliphatic heterocycles. The van der Waals surface area contributed by atoms with Crippen LogP contribution in [0.15, 0.2) is 0 Å². The van der Waals surface area contributed by atoms with Crippen molar-refractivity contribution in [2.24, 2.45) is 5.73 Å². The van der Waals surface area contributed by atoms with Gasteiger partial charge in [-0.15, -0.1) is 0 Å². The van der Waals surface area contributed by atoms with Crippen molar-refractivity contribution in [1.82, 2.24) is 26.2 Å². The van der Waals surface area contributed by atoms with Gasteiger partial charge >= 0.3 is 0 Å². The predicted octanol–water partition coefficient (Wildman–Crippen LogP) is -9.74. The van der Waals surface area contributed by atoms with Gasteiger partial charge < -0.3 is 117 Å². The summed E-state index contributed by atoms with van der Waals surface area (Å²) in [4.78, 5) is 66.4. The van der Waals surface area contributed by atoms with Gasteiger partial charge in [-0.2, -0.15) is 0 Å². The molecule has 3 amide bonds. The summed E-state index contributed by atoms with van der Waals surface area (Å²) >= 11 is 0. The molecule has 0 bridgehead atoms. The van der Waals surface area contributed by atoms with E-state index in [-0.39, 0.29) is 39.1 Å². The Morgan fingerprint density at radius 3 is 1.51 bits per heavy atom. The second kappa shape index (κ2) is 33.1. The van der Waals surface area contributed by atoms with Gasteiger partial charge in [0.25, 0.3) is 0 Å². The standard InChI is InChI=1S/C43H78N6O23/c1-45-23(7-4-5-10-44)31(57)24(53)8-3-2-6-11-46-28(54)15-49(16-29(55)47-12-14-68-42-39(65)36(62)33(59)26(19-51)71-42)17-30(56)48-22(21-69-43-40(66)37(63)34(60)27(20-52)72-43)9-13-67-41-38(64)35(61)32(58)25(18-50)70-41/h22-23,25-27,32-43,45,50-52,58-66H,2-21,44H2,1H3,(H,46,54)(H,47,55)(H,48,56)/t22-,23+,25-,26-,27-,32-,33-,34-,35+,36+,37+,38+,39+,40+,41+,42-,43+/m1/s1. The number of aliphatic hydroxyl groups excluding tert-OH is 12. The number of nitrogens with two attached hydrogens (primary N) is 1. The quantitative estimate of drug-likeness (QED) is 0.0210. The first-order valence-electron chi connectivity index (χ1n) is 24.1. The van der Waals surface area contributed by atoms with Crippen LogP contribution in [0.1, 0.15) is 51.4 Å². The fraction of sp³-hybridized carbons (Fsp3) is 0.884. The van der Waals surface area contributed by atoms with Gasteiger partial charge in [0.1, 0.15) is 73.2 Å². The van der Waals surface area contributed by atoms with E-state index in [0.29, 0.717) is 38.6 Å². The number of rotatable bonds is 34. The van der Waals surface area contributed by atoms with Gasteiger partial charge in [0.15, 0.2) is 24.7 Å². The van der Waals surface area contributed by atoms with E-state index in [2.05, 4.69) is 21.3 Å². The maximum absolute atomic E-state index is 13.7. The molecule has 0 aromatic carbocycles. The first-order valence-corrected chi connectivity index (χ1v) is 24.1. The topological polar surface area (TPSA) is 461 Å². The van der Waals surface area contributed by atoms with Crippen LogP contribution in [0.3, 0.4) is 0 Å². The van der Waals surface area contributed by atoms with E-state index >= 15 is 0 Å². The third-order valence-electron chi connectivity index (χ3n) is 12.2. The van der Waals surface area contributed by atoms with E-state index in [1.165, 1.54) is 0 Å². The average Bonchev–Trinajstić information content (AvgIpc) is 3.35. The number of carbonyl (C=O) groups excluding carboxylic acids is 5. The zero-order valence-corrected chi connectivity index (χ0v) is 40.3. The van der Waals surface area contributed by atoms with Gasteiger partial charge in [-0.1, -0.05) is 12.8 Å². The van der Waals surface area contributed by atoms with Crippen molar-refractivity contribution in [3.05, 3.63) is 0 Å². The van der Waals surface area contributed by atoms with Crippen molar-refractivity contribution in [3.8, 4) is 0 Å². The third-order valence-corrected chi connectivity index (χ3v) is 12.2. The number of likely N-dealkylation sites (N-methyl/N-ethyl adjacent to an activating group) is 1. The van der Waals surface area contributed by atoms with Crippen molar-refractivity contribution in [3.63, 3.8) is 0 Å². The smallest absolute Gasteiger partial charge is 0.234 e. The lowest BCUT2D eigenvalue weighted by Crippen LogP contribution is -2.60. The molecule has 3 saturated heterocycles. The van der Waals surface area contributed by atoms with Gasteiger partial charge in [0.2, 0.25) is 23.5 Å². The molecule has 18 N–H and O–H groups in total. The van der Waals surface area contributed by atoms with Gasteiger partial charge in [0, 0.05) is 19.5 Å². The van der Waals surface area contributed by atoms with Crippen LogP contribution in [0.4, 0.5) is 0 Å². The molecular weight excluding hydrogens is 968 g/mol. The van der Waals surface area contributed by atoms with Crippen LogP contribution in [-0.4, -0.2) is 286 Å². The largest absolute Gasteiger partial charge is 0.394 e. The van der Waals surface area contributed by atoms with Crippen LogP contribution in [0, 0.1) is 0 Å². The number of Topliss-reactive ketones (excluding diaryl/α,β-unsaturated/α-hetero) is 2. The molecule has 3 fully saturated rings. The number of carbonyl (C=O) groups is 5. The highest BCUT2D eigenvalue weighted by molar-refractivity contribution is 6.39. The normalized spacial score (nSPS) is 31.7. The zero-order valence-electron chi connectivity index (χ0n) is 40.3. The Bertz CT molecular complexity index is 1620. The van der Waals surface area contributed by atoms with Crippen molar-refractivity contribution in [2.45, 2.75) is 156 Å². The van der Waals surface area contributed by atoms with Crippen LogP contribution in [0.5, 0.6) is 0 Å². The molecule has 0 unspecified atom stereocenters. The number of unbranched alkanes of at least 4 members (excludes halogenated alkanes) is 3. The molecule has 0 spiro atoms. The average molecular weight is 1050 g/mol. The lowest BCUT2D eigenvalue weighted by Gasteiger charge is -2.40. The van der Waals surface area contributed by atoms with Crippen LogP contribution in [0.25, 0.3) is 0 Å². The van der Waals surface area contributed by atoms with Crippen molar-refractivity contribution < 1.29 is 114 Å². The summed E-state index contributed by atoms with van der Waals surface area (Å²) in [5, 5.41) is 131. The number of nitrogens with zero attached hydrogens (tertiary/aromatic N) is 1. The maximum atomic E-state index is 13.7. The number of hydrogen-bond donors (Lipinski definition) is 17. The Morgan fingerprint density at radius 2 is 1.03 bits per heavy atom. The Hall–Kier alpha value is -3.09. The van der Waals surface area contributed by atoms with E-state index in [4.69, 9.17) is 34.2 Å². The van der Waals surface area contributed by atoms with E-state index in [0.717, 1.165) is 11.3 Å². The molecule has 3 aliphatic rings. The van der Waals surface area contributed by atoms with E-state index < -0.39 is 180 Å². The lowest BCUT2D eigenvalue weighted by molar-refractivity contribution is -0.304. The third kappa shape index (κ3) is 19.9. The summed E-state index contributed by atoms with van der Waals surface area (Å²) in [5.74, 6) is -3.16. The number of ether oxygens (including phenoxy) is 6. The van der Waals surface area contributed by atoms with Gasteiger partial charge in [-0.05, 0) is 45.7 Å².